The summed E-state index contributed by atoms with van der Waals surface area (Å²) in [4.78, 5) is 3.18. The monoisotopic (exact) mass is 385 g/mol. The first kappa shape index (κ1) is 17.7. The Kier molecular flexibility index (Phi) is 5.36. The fourth-order valence-electron chi connectivity index (χ4n) is 3.65. The molecule has 0 aliphatic carbocycles. The SMILES string of the molecule is NS(=O)c1cccc(CN(c2ccc3sccc3c2)C2CCNCC2)c1. The van der Waals surface area contributed by atoms with Crippen LogP contribution in [0.5, 0.6) is 0 Å². The van der Waals surface area contributed by atoms with E-state index in [1.165, 1.54) is 15.8 Å². The Morgan fingerprint density at radius 1 is 1.15 bits per heavy atom. The van der Waals surface area contributed by atoms with Crippen molar-refractivity contribution in [3.05, 3.63) is 59.5 Å². The Balaban J connectivity index is 1.68. The highest BCUT2D eigenvalue weighted by atomic mass is 32.2. The molecule has 1 aliphatic rings. The van der Waals surface area contributed by atoms with Gasteiger partial charge in [-0.25, -0.2) is 9.35 Å². The minimum absolute atomic E-state index is 0.499. The molecule has 0 radical (unpaired) electrons. The summed E-state index contributed by atoms with van der Waals surface area (Å²) in [6.07, 6.45) is 2.26. The third kappa shape index (κ3) is 3.83. The van der Waals surface area contributed by atoms with Crippen molar-refractivity contribution in [2.75, 3.05) is 18.0 Å². The van der Waals surface area contributed by atoms with Gasteiger partial charge in [0.05, 0.1) is 4.90 Å². The van der Waals surface area contributed by atoms with Gasteiger partial charge in [0.1, 0.15) is 11.0 Å². The molecule has 0 bridgehead atoms. The number of hydrogen-bond donors (Lipinski definition) is 2. The summed E-state index contributed by atoms with van der Waals surface area (Å²) in [6.45, 7) is 2.90. The lowest BCUT2D eigenvalue weighted by Gasteiger charge is -2.36. The van der Waals surface area contributed by atoms with Crippen molar-refractivity contribution in [2.45, 2.75) is 30.3 Å². The molecule has 1 fully saturated rings. The number of fused-ring (bicyclic) bond motifs is 1. The van der Waals surface area contributed by atoms with Crippen molar-refractivity contribution in [3.63, 3.8) is 0 Å². The fraction of sp³-hybridized carbons (Fsp3) is 0.300. The molecular formula is C20H23N3OS2. The molecule has 1 unspecified atom stereocenters. The van der Waals surface area contributed by atoms with E-state index in [2.05, 4.69) is 45.9 Å². The second-order valence-corrected chi connectivity index (χ2v) is 8.71. The molecule has 1 aliphatic heterocycles. The van der Waals surface area contributed by atoms with Gasteiger partial charge in [-0.2, -0.15) is 0 Å². The summed E-state index contributed by atoms with van der Waals surface area (Å²) in [7, 11) is -1.44. The third-order valence-electron chi connectivity index (χ3n) is 5.00. The zero-order chi connectivity index (χ0) is 17.9. The molecule has 3 aromatic rings. The number of thiophene rings is 1. The van der Waals surface area contributed by atoms with E-state index in [4.69, 9.17) is 5.14 Å². The molecule has 0 saturated carbocycles. The second kappa shape index (κ2) is 7.88. The Morgan fingerprint density at radius 2 is 2.00 bits per heavy atom. The summed E-state index contributed by atoms with van der Waals surface area (Å²) < 4.78 is 13.0. The van der Waals surface area contributed by atoms with Crippen LogP contribution in [0.15, 0.2) is 58.8 Å². The quantitative estimate of drug-likeness (QED) is 0.705. The number of piperidine rings is 1. The van der Waals surface area contributed by atoms with Crippen LogP contribution in [0.1, 0.15) is 18.4 Å². The molecule has 3 N–H and O–H groups in total. The van der Waals surface area contributed by atoms with Crippen molar-refractivity contribution >= 4 is 38.1 Å². The van der Waals surface area contributed by atoms with E-state index in [0.717, 1.165) is 38.0 Å². The van der Waals surface area contributed by atoms with E-state index in [1.54, 1.807) is 11.3 Å². The molecule has 0 amide bonds. The van der Waals surface area contributed by atoms with Crippen molar-refractivity contribution in [1.29, 1.82) is 0 Å². The van der Waals surface area contributed by atoms with Gasteiger partial charge in [0, 0.05) is 23.0 Å². The molecular weight excluding hydrogens is 362 g/mol. The van der Waals surface area contributed by atoms with Gasteiger partial charge in [0.15, 0.2) is 0 Å². The van der Waals surface area contributed by atoms with E-state index in [-0.39, 0.29) is 0 Å². The number of nitrogens with two attached hydrogens (primary N) is 1. The van der Waals surface area contributed by atoms with E-state index in [1.807, 2.05) is 18.2 Å². The summed E-state index contributed by atoms with van der Waals surface area (Å²) in [5.41, 5.74) is 2.40. The van der Waals surface area contributed by atoms with Gasteiger partial charge in [-0.3, -0.25) is 0 Å². The number of anilines is 1. The van der Waals surface area contributed by atoms with Gasteiger partial charge in [-0.05, 0) is 78.7 Å². The van der Waals surface area contributed by atoms with E-state index in [0.29, 0.717) is 10.9 Å². The molecule has 2 heterocycles. The van der Waals surface area contributed by atoms with Gasteiger partial charge >= 0.3 is 0 Å². The van der Waals surface area contributed by atoms with Crippen LogP contribution in [0.4, 0.5) is 5.69 Å². The first-order valence-corrected chi connectivity index (χ1v) is 11.0. The molecule has 1 saturated heterocycles. The third-order valence-corrected chi connectivity index (χ3v) is 6.62. The zero-order valence-electron chi connectivity index (χ0n) is 14.6. The van der Waals surface area contributed by atoms with Crippen LogP contribution in [0.3, 0.4) is 0 Å². The minimum atomic E-state index is -1.44. The molecule has 136 valence electrons. The lowest BCUT2D eigenvalue weighted by atomic mass is 10.0. The Labute approximate surface area is 160 Å². The van der Waals surface area contributed by atoms with Gasteiger partial charge in [-0.1, -0.05) is 12.1 Å². The maximum absolute atomic E-state index is 11.6. The maximum atomic E-state index is 11.6. The summed E-state index contributed by atoms with van der Waals surface area (Å²) in [5.74, 6) is 0. The van der Waals surface area contributed by atoms with Gasteiger partial charge in [-0.15, -0.1) is 11.3 Å². The number of nitrogens with zero attached hydrogens (tertiary/aromatic N) is 1. The van der Waals surface area contributed by atoms with Crippen LogP contribution in [0.25, 0.3) is 10.1 Å². The molecule has 2 aromatic carbocycles. The number of rotatable bonds is 5. The van der Waals surface area contributed by atoms with Crippen LogP contribution in [-0.4, -0.2) is 23.3 Å². The summed E-state index contributed by atoms with van der Waals surface area (Å²) in [6, 6.07) is 17.2. The first-order valence-electron chi connectivity index (χ1n) is 8.90. The second-order valence-electron chi connectivity index (χ2n) is 6.70. The van der Waals surface area contributed by atoms with Crippen molar-refractivity contribution in [3.8, 4) is 0 Å². The Morgan fingerprint density at radius 3 is 2.81 bits per heavy atom. The molecule has 6 heteroatoms. The van der Waals surface area contributed by atoms with Crippen LogP contribution in [0.2, 0.25) is 0 Å². The normalized spacial score (nSPS) is 16.7. The number of nitrogens with one attached hydrogen (secondary N) is 1. The molecule has 26 heavy (non-hydrogen) atoms. The lowest BCUT2D eigenvalue weighted by molar-refractivity contribution is 0.428. The summed E-state index contributed by atoms with van der Waals surface area (Å²) in [5, 5.41) is 12.5. The predicted molar refractivity (Wildman–Crippen MR) is 111 cm³/mol. The van der Waals surface area contributed by atoms with Gasteiger partial charge < -0.3 is 10.2 Å². The smallest absolute Gasteiger partial charge is 0.122 e. The predicted octanol–water partition coefficient (Wildman–Crippen LogP) is 3.64. The van der Waals surface area contributed by atoms with Crippen LogP contribution >= 0.6 is 11.3 Å². The molecule has 4 rings (SSSR count). The van der Waals surface area contributed by atoms with Crippen molar-refractivity contribution in [2.24, 2.45) is 5.14 Å². The molecule has 0 spiro atoms. The van der Waals surface area contributed by atoms with Crippen molar-refractivity contribution < 1.29 is 4.21 Å². The van der Waals surface area contributed by atoms with E-state index < -0.39 is 11.0 Å². The van der Waals surface area contributed by atoms with Crippen molar-refractivity contribution in [1.82, 2.24) is 5.32 Å². The van der Waals surface area contributed by atoms with E-state index in [9.17, 15) is 4.21 Å². The van der Waals surface area contributed by atoms with Gasteiger partial charge in [0.25, 0.3) is 0 Å². The Hall–Kier alpha value is -1.73. The number of benzene rings is 2. The van der Waals surface area contributed by atoms with Crippen LogP contribution in [0, 0.1) is 0 Å². The highest BCUT2D eigenvalue weighted by molar-refractivity contribution is 7.82. The number of hydrogen-bond acceptors (Lipinski definition) is 4. The van der Waals surface area contributed by atoms with Crippen LogP contribution in [-0.2, 0) is 17.5 Å². The average molecular weight is 386 g/mol. The zero-order valence-corrected chi connectivity index (χ0v) is 16.2. The summed E-state index contributed by atoms with van der Waals surface area (Å²) >= 11 is 1.78. The average Bonchev–Trinajstić information content (AvgIpc) is 3.15. The van der Waals surface area contributed by atoms with Crippen LogP contribution < -0.4 is 15.4 Å². The highest BCUT2D eigenvalue weighted by Gasteiger charge is 2.22. The Bertz CT molecular complexity index is 918. The van der Waals surface area contributed by atoms with E-state index >= 15 is 0 Å². The standard InChI is InChI=1S/C20H23N3OS2/c21-26(24)19-3-1-2-15(12-19)14-23(17-6-9-22-10-7-17)18-4-5-20-16(13-18)8-11-25-20/h1-5,8,11-13,17,22H,6-7,9-10,14,21H2. The largest absolute Gasteiger partial charge is 0.364 e. The maximum Gasteiger partial charge on any atom is 0.122 e. The highest BCUT2D eigenvalue weighted by Crippen LogP contribution is 2.30. The molecule has 1 aromatic heterocycles. The molecule has 4 nitrogen and oxygen atoms in total. The lowest BCUT2D eigenvalue weighted by Crippen LogP contribution is -2.43. The topological polar surface area (TPSA) is 58.4 Å². The first-order chi connectivity index (χ1) is 12.7. The molecule has 1 atom stereocenters. The van der Waals surface area contributed by atoms with Gasteiger partial charge in [0.2, 0.25) is 0 Å². The fourth-order valence-corrected chi connectivity index (χ4v) is 4.90. The minimum Gasteiger partial charge on any atom is -0.364 e.